The molecular weight excluding hydrogens is 374 g/mol. The van der Waals surface area contributed by atoms with Gasteiger partial charge in [0.2, 0.25) is 5.91 Å². The molecule has 0 spiro atoms. The molecule has 2 aromatic rings. The van der Waals surface area contributed by atoms with Crippen molar-refractivity contribution in [2.45, 2.75) is 53.6 Å². The van der Waals surface area contributed by atoms with E-state index in [0.717, 1.165) is 16.8 Å². The van der Waals surface area contributed by atoms with E-state index in [9.17, 15) is 9.59 Å². The molecule has 2 heterocycles. The smallest absolute Gasteiger partial charge is 0.252 e. The minimum Gasteiger partial charge on any atom is -0.343 e. The Morgan fingerprint density at radius 3 is 2.40 bits per heavy atom. The van der Waals surface area contributed by atoms with Crippen molar-refractivity contribution in [1.82, 2.24) is 15.2 Å². The van der Waals surface area contributed by atoms with Gasteiger partial charge in [-0.2, -0.15) is 0 Å². The van der Waals surface area contributed by atoms with Crippen LogP contribution in [-0.2, 0) is 4.79 Å². The maximum atomic E-state index is 12.7. The van der Waals surface area contributed by atoms with E-state index in [-0.39, 0.29) is 36.4 Å². The first kappa shape index (κ1) is 23.4. The Morgan fingerprint density at radius 1 is 1.13 bits per heavy atom. The van der Waals surface area contributed by atoms with Crippen LogP contribution in [0, 0.1) is 30.1 Å². The Hall–Kier alpha value is -2.87. The lowest BCUT2D eigenvalue weighted by Gasteiger charge is -2.27. The van der Waals surface area contributed by atoms with Crippen LogP contribution in [0.4, 0.5) is 0 Å². The predicted octanol–water partition coefficient (Wildman–Crippen LogP) is 4.13. The highest BCUT2D eigenvalue weighted by atomic mass is 16.2. The Balaban J connectivity index is 0.000000735. The summed E-state index contributed by atoms with van der Waals surface area (Å²) in [6.07, 6.45) is 7.24. The number of amides is 2. The van der Waals surface area contributed by atoms with E-state index in [1.54, 1.807) is 17.2 Å². The zero-order chi connectivity index (χ0) is 22.4. The molecule has 0 bridgehead atoms. The van der Waals surface area contributed by atoms with Crippen molar-refractivity contribution in [3.05, 3.63) is 42.1 Å². The van der Waals surface area contributed by atoms with Crippen LogP contribution in [-0.4, -0.2) is 40.3 Å². The molecule has 5 heteroatoms. The number of benzene rings is 1. The van der Waals surface area contributed by atoms with E-state index >= 15 is 0 Å². The number of hydrogen-bond acceptors (Lipinski definition) is 3. The van der Waals surface area contributed by atoms with Crippen molar-refractivity contribution in [2.75, 3.05) is 6.54 Å². The fourth-order valence-electron chi connectivity index (χ4n) is 3.74. The van der Waals surface area contributed by atoms with Crippen LogP contribution in [0.5, 0.6) is 0 Å². The molecule has 4 atom stereocenters. The molecule has 1 N–H and O–H groups in total. The highest BCUT2D eigenvalue weighted by molar-refractivity contribution is 6.06. The number of carbonyl (C=O) groups is 2. The summed E-state index contributed by atoms with van der Waals surface area (Å²) in [4.78, 5) is 31.3. The number of nitrogens with one attached hydrogen (secondary N) is 1. The number of fused-ring (bicyclic) bond motifs is 1. The van der Waals surface area contributed by atoms with Gasteiger partial charge in [0.1, 0.15) is 0 Å². The van der Waals surface area contributed by atoms with E-state index in [4.69, 9.17) is 6.42 Å². The van der Waals surface area contributed by atoms with Crippen molar-refractivity contribution in [2.24, 2.45) is 17.8 Å². The standard InChI is InChI=1S/C21H23N3O2.C4H10/c1-5-19-14(3)13(2)15(4)24(19)20(25)12-23-21(26)17-10-11-22-18-9-7-6-8-16(17)18;1-4(2)3/h1,6-11,13-15,19H,12H2,2-4H3,(H,23,26);4H,1-3H3. The fourth-order valence-corrected chi connectivity index (χ4v) is 3.74. The van der Waals surface area contributed by atoms with Gasteiger partial charge in [-0.15, -0.1) is 6.42 Å². The van der Waals surface area contributed by atoms with Crippen LogP contribution < -0.4 is 5.32 Å². The first-order chi connectivity index (χ1) is 14.2. The highest BCUT2D eigenvalue weighted by Crippen LogP contribution is 2.34. The zero-order valence-electron chi connectivity index (χ0n) is 18.8. The number of rotatable bonds is 3. The zero-order valence-corrected chi connectivity index (χ0v) is 18.8. The van der Waals surface area contributed by atoms with Crippen LogP contribution in [0.1, 0.15) is 51.9 Å². The molecular formula is C25H33N3O2. The Morgan fingerprint density at radius 2 is 1.77 bits per heavy atom. The largest absolute Gasteiger partial charge is 0.343 e. The third-order valence-electron chi connectivity index (χ3n) is 5.58. The molecule has 3 rings (SSSR count). The van der Waals surface area contributed by atoms with Gasteiger partial charge in [0.25, 0.3) is 5.91 Å². The molecule has 0 radical (unpaired) electrons. The molecule has 1 aliphatic heterocycles. The summed E-state index contributed by atoms with van der Waals surface area (Å²) in [5.41, 5.74) is 1.25. The van der Waals surface area contributed by atoms with E-state index in [2.05, 4.69) is 50.8 Å². The summed E-state index contributed by atoms with van der Waals surface area (Å²) in [5.74, 6) is 3.68. The summed E-state index contributed by atoms with van der Waals surface area (Å²) in [7, 11) is 0. The lowest BCUT2D eigenvalue weighted by molar-refractivity contribution is -0.132. The average Bonchev–Trinajstić information content (AvgIpc) is 2.94. The highest BCUT2D eigenvalue weighted by Gasteiger charge is 2.43. The molecule has 1 aromatic carbocycles. The van der Waals surface area contributed by atoms with Crippen molar-refractivity contribution in [1.29, 1.82) is 0 Å². The lowest BCUT2D eigenvalue weighted by atomic mass is 9.91. The van der Waals surface area contributed by atoms with Gasteiger partial charge in [0.05, 0.1) is 23.7 Å². The molecule has 160 valence electrons. The first-order valence-corrected chi connectivity index (χ1v) is 10.6. The molecule has 0 aliphatic carbocycles. The van der Waals surface area contributed by atoms with Crippen molar-refractivity contribution >= 4 is 22.7 Å². The van der Waals surface area contributed by atoms with E-state index < -0.39 is 0 Å². The van der Waals surface area contributed by atoms with Crippen LogP contribution in [0.3, 0.4) is 0 Å². The van der Waals surface area contributed by atoms with Gasteiger partial charge in [-0.1, -0.05) is 58.7 Å². The van der Waals surface area contributed by atoms with Gasteiger partial charge in [-0.05, 0) is 36.8 Å². The van der Waals surface area contributed by atoms with Gasteiger partial charge in [0.15, 0.2) is 0 Å². The van der Waals surface area contributed by atoms with Crippen LogP contribution in [0.2, 0.25) is 0 Å². The molecule has 1 aliphatic rings. The average molecular weight is 408 g/mol. The molecule has 1 fully saturated rings. The number of pyridine rings is 1. The van der Waals surface area contributed by atoms with Crippen LogP contribution >= 0.6 is 0 Å². The minimum atomic E-state index is -0.290. The third kappa shape index (κ3) is 5.18. The molecule has 1 saturated heterocycles. The summed E-state index contributed by atoms with van der Waals surface area (Å²) >= 11 is 0. The topological polar surface area (TPSA) is 62.3 Å². The number of para-hydroxylation sites is 1. The van der Waals surface area contributed by atoms with Gasteiger partial charge >= 0.3 is 0 Å². The number of carbonyl (C=O) groups excluding carboxylic acids is 2. The number of aromatic nitrogens is 1. The lowest BCUT2D eigenvalue weighted by Crippen LogP contribution is -2.46. The van der Waals surface area contributed by atoms with Crippen molar-refractivity contribution in [3.8, 4) is 12.3 Å². The second-order valence-electron chi connectivity index (χ2n) is 8.66. The SMILES string of the molecule is C#CC1C(C)C(C)C(C)N1C(=O)CNC(=O)c1ccnc2ccccc12.CC(C)C. The van der Waals surface area contributed by atoms with Crippen molar-refractivity contribution < 1.29 is 9.59 Å². The number of likely N-dealkylation sites (tertiary alicyclic amines) is 1. The molecule has 30 heavy (non-hydrogen) atoms. The monoisotopic (exact) mass is 407 g/mol. The number of hydrogen-bond donors (Lipinski definition) is 1. The first-order valence-electron chi connectivity index (χ1n) is 10.6. The second-order valence-corrected chi connectivity index (χ2v) is 8.66. The van der Waals surface area contributed by atoms with Crippen LogP contribution in [0.25, 0.3) is 10.9 Å². The molecule has 4 unspecified atom stereocenters. The van der Waals surface area contributed by atoms with E-state index in [1.165, 1.54) is 0 Å². The molecule has 5 nitrogen and oxygen atoms in total. The van der Waals surface area contributed by atoms with E-state index in [1.807, 2.05) is 31.2 Å². The van der Waals surface area contributed by atoms with Gasteiger partial charge in [-0.25, -0.2) is 0 Å². The third-order valence-corrected chi connectivity index (χ3v) is 5.58. The van der Waals surface area contributed by atoms with Crippen LogP contribution in [0.15, 0.2) is 36.5 Å². The fraction of sp³-hybridized carbons (Fsp3) is 0.480. The summed E-state index contributed by atoms with van der Waals surface area (Å²) in [5, 5.41) is 3.50. The number of terminal acetylenes is 1. The normalized spacial score (nSPS) is 22.9. The second kappa shape index (κ2) is 10.2. The maximum Gasteiger partial charge on any atom is 0.252 e. The summed E-state index contributed by atoms with van der Waals surface area (Å²) < 4.78 is 0. The van der Waals surface area contributed by atoms with Gasteiger partial charge in [-0.3, -0.25) is 14.6 Å². The summed E-state index contributed by atoms with van der Waals surface area (Å²) in [6.45, 7) is 12.6. The predicted molar refractivity (Wildman–Crippen MR) is 122 cm³/mol. The maximum absolute atomic E-state index is 12.7. The molecule has 1 aromatic heterocycles. The Kier molecular flexibility index (Phi) is 8.00. The van der Waals surface area contributed by atoms with Gasteiger partial charge < -0.3 is 10.2 Å². The molecule has 0 saturated carbocycles. The van der Waals surface area contributed by atoms with Gasteiger partial charge in [0, 0.05) is 17.6 Å². The van der Waals surface area contributed by atoms with E-state index in [0.29, 0.717) is 11.5 Å². The minimum absolute atomic E-state index is 0.0530. The Bertz CT molecular complexity index is 923. The quantitative estimate of drug-likeness (QED) is 0.778. The summed E-state index contributed by atoms with van der Waals surface area (Å²) in [6, 6.07) is 8.91. The van der Waals surface area contributed by atoms with Crippen molar-refractivity contribution in [3.63, 3.8) is 0 Å². The number of nitrogens with zero attached hydrogens (tertiary/aromatic N) is 2. The molecule has 2 amide bonds. The Labute approximate surface area is 180 Å².